The van der Waals surface area contributed by atoms with E-state index in [4.69, 9.17) is 10.5 Å². The molecular weight excluding hydrogens is 204 g/mol. The van der Waals surface area contributed by atoms with E-state index in [1.807, 2.05) is 16.6 Å². The third-order valence-corrected chi connectivity index (χ3v) is 2.77. The fourth-order valence-corrected chi connectivity index (χ4v) is 1.67. The van der Waals surface area contributed by atoms with E-state index < -0.39 is 0 Å². The molecule has 0 spiro atoms. The molecule has 2 N–H and O–H groups in total. The van der Waals surface area contributed by atoms with Crippen LogP contribution in [0.4, 0.5) is 5.82 Å². The highest BCUT2D eigenvalue weighted by Crippen LogP contribution is 2.15. The molecule has 5 heteroatoms. The molecule has 16 heavy (non-hydrogen) atoms. The Hall–Kier alpha value is -1.62. The van der Waals surface area contributed by atoms with Crippen LogP contribution in [-0.2, 0) is 11.2 Å². The zero-order valence-corrected chi connectivity index (χ0v) is 9.55. The van der Waals surface area contributed by atoms with E-state index in [1.54, 1.807) is 7.11 Å². The van der Waals surface area contributed by atoms with Crippen molar-refractivity contribution in [1.82, 2.24) is 14.6 Å². The van der Waals surface area contributed by atoms with Crippen molar-refractivity contribution in [2.75, 3.05) is 12.8 Å². The number of rotatable bonds is 4. The predicted octanol–water partition coefficient (Wildman–Crippen LogP) is 1.28. The second-order valence-corrected chi connectivity index (χ2v) is 3.85. The maximum atomic E-state index is 5.76. The van der Waals surface area contributed by atoms with Crippen LogP contribution in [0, 0.1) is 0 Å². The summed E-state index contributed by atoms with van der Waals surface area (Å²) in [6.45, 7) is 2.05. The minimum atomic E-state index is 0.254. The Morgan fingerprint density at radius 1 is 1.50 bits per heavy atom. The molecular formula is C11H16N4O. The fraction of sp³-hybridized carbons (Fsp3) is 0.455. The van der Waals surface area contributed by atoms with Gasteiger partial charge in [-0.05, 0) is 31.9 Å². The molecule has 0 fully saturated rings. The lowest BCUT2D eigenvalue weighted by molar-refractivity contribution is 0.111. The lowest BCUT2D eigenvalue weighted by atomic mass is 10.2. The van der Waals surface area contributed by atoms with Gasteiger partial charge in [0.25, 0.3) is 0 Å². The predicted molar refractivity (Wildman–Crippen MR) is 62.2 cm³/mol. The van der Waals surface area contributed by atoms with Crippen LogP contribution < -0.4 is 5.73 Å². The number of hydrogen-bond donors (Lipinski definition) is 1. The molecule has 1 atom stereocenters. The van der Waals surface area contributed by atoms with E-state index in [1.165, 1.54) is 6.33 Å². The molecule has 0 aliphatic carbocycles. The Kier molecular flexibility index (Phi) is 3.05. The van der Waals surface area contributed by atoms with Crippen molar-refractivity contribution in [2.45, 2.75) is 25.9 Å². The summed E-state index contributed by atoms with van der Waals surface area (Å²) in [5, 5.41) is 4.19. The van der Waals surface area contributed by atoms with Crippen molar-refractivity contribution < 1.29 is 4.74 Å². The van der Waals surface area contributed by atoms with Crippen molar-refractivity contribution in [3.05, 3.63) is 24.2 Å². The second-order valence-electron chi connectivity index (χ2n) is 3.85. The Balaban J connectivity index is 2.22. The number of aryl methyl sites for hydroxylation is 1. The lowest BCUT2D eigenvalue weighted by Gasteiger charge is -2.08. The van der Waals surface area contributed by atoms with Gasteiger partial charge in [-0.15, -0.1) is 0 Å². The molecule has 2 rings (SSSR count). The summed E-state index contributed by atoms with van der Waals surface area (Å²) in [4.78, 5) is 3.95. The molecule has 2 aromatic heterocycles. The molecule has 0 bridgehead atoms. The van der Waals surface area contributed by atoms with Crippen molar-refractivity contribution in [2.24, 2.45) is 0 Å². The van der Waals surface area contributed by atoms with Crippen molar-refractivity contribution in [3.8, 4) is 0 Å². The van der Waals surface area contributed by atoms with Crippen molar-refractivity contribution in [3.63, 3.8) is 0 Å². The van der Waals surface area contributed by atoms with Gasteiger partial charge < -0.3 is 10.5 Å². The first-order valence-electron chi connectivity index (χ1n) is 5.32. The molecule has 1 unspecified atom stereocenters. The smallest absolute Gasteiger partial charge is 0.151 e. The summed E-state index contributed by atoms with van der Waals surface area (Å²) in [6, 6.07) is 3.98. The van der Waals surface area contributed by atoms with Crippen LogP contribution in [0.1, 0.15) is 19.0 Å². The normalized spacial score (nSPS) is 13.1. The number of nitrogens with zero attached hydrogens (tertiary/aromatic N) is 3. The third-order valence-electron chi connectivity index (χ3n) is 2.77. The number of anilines is 1. The number of fused-ring (bicyclic) bond motifs is 1. The quantitative estimate of drug-likeness (QED) is 0.843. The molecule has 86 valence electrons. The molecule has 2 aromatic rings. The minimum Gasteiger partial charge on any atom is -0.382 e. The van der Waals surface area contributed by atoms with Crippen LogP contribution in [0.15, 0.2) is 18.5 Å². The first-order valence-corrected chi connectivity index (χ1v) is 5.32. The van der Waals surface area contributed by atoms with Gasteiger partial charge >= 0.3 is 0 Å². The second kappa shape index (κ2) is 4.49. The molecule has 0 radical (unpaired) electrons. The van der Waals surface area contributed by atoms with Gasteiger partial charge in [-0.1, -0.05) is 0 Å². The van der Waals surface area contributed by atoms with Gasteiger partial charge in [-0.2, -0.15) is 5.10 Å². The van der Waals surface area contributed by atoms with Crippen molar-refractivity contribution >= 4 is 11.3 Å². The zero-order valence-electron chi connectivity index (χ0n) is 9.55. The van der Waals surface area contributed by atoms with E-state index in [-0.39, 0.29) is 6.10 Å². The van der Waals surface area contributed by atoms with Gasteiger partial charge in [0, 0.05) is 12.8 Å². The van der Waals surface area contributed by atoms with Gasteiger partial charge in [0.05, 0.1) is 6.10 Å². The molecule has 2 heterocycles. The van der Waals surface area contributed by atoms with E-state index in [0.29, 0.717) is 5.82 Å². The number of nitrogens with two attached hydrogens (primary N) is 1. The summed E-state index contributed by atoms with van der Waals surface area (Å²) in [6.07, 6.45) is 3.61. The fourth-order valence-electron chi connectivity index (χ4n) is 1.67. The molecule has 5 nitrogen and oxygen atoms in total. The van der Waals surface area contributed by atoms with E-state index in [0.717, 1.165) is 24.1 Å². The highest BCUT2D eigenvalue weighted by atomic mass is 16.5. The van der Waals surface area contributed by atoms with Crippen LogP contribution in [0.3, 0.4) is 0 Å². The van der Waals surface area contributed by atoms with E-state index >= 15 is 0 Å². The number of ether oxygens (including phenoxy) is 1. The molecule has 0 saturated heterocycles. The Bertz CT molecular complexity index is 480. The summed E-state index contributed by atoms with van der Waals surface area (Å²) >= 11 is 0. The number of methoxy groups -OCH3 is 1. The minimum absolute atomic E-state index is 0.254. The summed E-state index contributed by atoms with van der Waals surface area (Å²) in [5.41, 5.74) is 7.75. The average Bonchev–Trinajstić information content (AvgIpc) is 2.70. The van der Waals surface area contributed by atoms with Crippen LogP contribution in [0.25, 0.3) is 5.52 Å². The maximum absolute atomic E-state index is 5.76. The van der Waals surface area contributed by atoms with Crippen LogP contribution >= 0.6 is 0 Å². The zero-order chi connectivity index (χ0) is 11.5. The van der Waals surface area contributed by atoms with Gasteiger partial charge in [0.1, 0.15) is 11.8 Å². The van der Waals surface area contributed by atoms with Crippen LogP contribution in [0.5, 0.6) is 0 Å². The average molecular weight is 220 g/mol. The maximum Gasteiger partial charge on any atom is 0.151 e. The Morgan fingerprint density at radius 3 is 3.06 bits per heavy atom. The molecule has 0 aromatic carbocycles. The lowest BCUT2D eigenvalue weighted by Crippen LogP contribution is -2.08. The topological polar surface area (TPSA) is 65.4 Å². The van der Waals surface area contributed by atoms with E-state index in [9.17, 15) is 0 Å². The molecule has 0 amide bonds. The Labute approximate surface area is 94.2 Å². The molecule has 0 saturated carbocycles. The highest BCUT2D eigenvalue weighted by Gasteiger charge is 2.07. The standard InChI is InChI=1S/C11H16N4O/c1-8(16-2)3-4-9-5-6-10-11(12)13-7-14-15(9)10/h5-8H,3-4H2,1-2H3,(H2,12,13,14). The summed E-state index contributed by atoms with van der Waals surface area (Å²) in [5.74, 6) is 0.515. The summed E-state index contributed by atoms with van der Waals surface area (Å²) in [7, 11) is 1.72. The number of aromatic nitrogens is 3. The molecule has 0 aliphatic rings. The van der Waals surface area contributed by atoms with Gasteiger partial charge in [-0.25, -0.2) is 9.50 Å². The van der Waals surface area contributed by atoms with Gasteiger partial charge in [-0.3, -0.25) is 0 Å². The number of hydrogen-bond acceptors (Lipinski definition) is 4. The third kappa shape index (κ3) is 1.99. The monoisotopic (exact) mass is 220 g/mol. The van der Waals surface area contributed by atoms with E-state index in [2.05, 4.69) is 17.0 Å². The largest absolute Gasteiger partial charge is 0.382 e. The first-order chi connectivity index (χ1) is 7.72. The molecule has 0 aliphatic heterocycles. The highest BCUT2D eigenvalue weighted by molar-refractivity contribution is 5.65. The summed E-state index contributed by atoms with van der Waals surface area (Å²) < 4.78 is 7.06. The van der Waals surface area contributed by atoms with Gasteiger partial charge in [0.15, 0.2) is 5.82 Å². The number of nitrogen functional groups attached to an aromatic ring is 1. The Morgan fingerprint density at radius 2 is 2.31 bits per heavy atom. The SMILES string of the molecule is COC(C)CCc1ccc2c(N)ncnn12. The van der Waals surface area contributed by atoms with Gasteiger partial charge in [0.2, 0.25) is 0 Å². The van der Waals surface area contributed by atoms with Crippen molar-refractivity contribution in [1.29, 1.82) is 0 Å². The van der Waals surface area contributed by atoms with Crippen LogP contribution in [0.2, 0.25) is 0 Å². The first kappa shape index (κ1) is 10.9. The van der Waals surface area contributed by atoms with Crippen LogP contribution in [-0.4, -0.2) is 27.8 Å².